The lowest BCUT2D eigenvalue weighted by atomic mass is 9.96. The van der Waals surface area contributed by atoms with Crippen LogP contribution in [0.4, 0.5) is 14.6 Å². The predicted octanol–water partition coefficient (Wildman–Crippen LogP) is 5.67. The number of aromatic nitrogens is 2. The molecule has 0 aliphatic rings. The van der Waals surface area contributed by atoms with Crippen LogP contribution >= 0.6 is 0 Å². The maximum absolute atomic E-state index is 12.5. The minimum absolute atomic E-state index is 0.131. The molecule has 6 heteroatoms. The zero-order chi connectivity index (χ0) is 19.5. The molecule has 1 atom stereocenters. The van der Waals surface area contributed by atoms with Crippen molar-refractivity contribution in [3.63, 3.8) is 0 Å². The lowest BCUT2D eigenvalue weighted by Crippen LogP contribution is -2.14. The molecule has 142 valence electrons. The Hall–Kier alpha value is -3.41. The van der Waals surface area contributed by atoms with Gasteiger partial charge >= 0.3 is 6.61 Å². The van der Waals surface area contributed by atoms with Crippen LogP contribution in [0, 0.1) is 6.92 Å². The first-order valence-corrected chi connectivity index (χ1v) is 8.91. The summed E-state index contributed by atoms with van der Waals surface area (Å²) in [5.41, 5.74) is 4.08. The van der Waals surface area contributed by atoms with Gasteiger partial charge in [-0.25, -0.2) is 4.98 Å². The number of pyridine rings is 1. The van der Waals surface area contributed by atoms with E-state index in [1.54, 1.807) is 30.5 Å². The molecule has 0 saturated heterocycles. The summed E-state index contributed by atoms with van der Waals surface area (Å²) in [6, 6.07) is 20.2. The Morgan fingerprint density at radius 1 is 0.964 bits per heavy atom. The molecule has 0 radical (unpaired) electrons. The van der Waals surface area contributed by atoms with Gasteiger partial charge in [-0.1, -0.05) is 36.4 Å². The summed E-state index contributed by atoms with van der Waals surface area (Å²) in [6.45, 7) is -0.819. The van der Waals surface area contributed by atoms with Crippen LogP contribution in [0.15, 0.2) is 72.9 Å². The van der Waals surface area contributed by atoms with Crippen molar-refractivity contribution in [3.8, 4) is 5.75 Å². The van der Waals surface area contributed by atoms with E-state index in [0.29, 0.717) is 0 Å². The number of halogens is 2. The quantitative estimate of drug-likeness (QED) is 0.453. The van der Waals surface area contributed by atoms with Gasteiger partial charge in [0.2, 0.25) is 0 Å². The van der Waals surface area contributed by atoms with E-state index in [9.17, 15) is 8.78 Å². The molecule has 2 heterocycles. The van der Waals surface area contributed by atoms with Gasteiger partial charge in [-0.3, -0.25) is 0 Å². The molecule has 2 aromatic heterocycles. The van der Waals surface area contributed by atoms with Gasteiger partial charge in [0.05, 0.1) is 6.04 Å². The number of rotatable bonds is 6. The first-order valence-electron chi connectivity index (χ1n) is 8.91. The Kier molecular flexibility index (Phi) is 4.93. The average molecular weight is 379 g/mol. The van der Waals surface area contributed by atoms with Crippen LogP contribution in [0.2, 0.25) is 0 Å². The van der Waals surface area contributed by atoms with Crippen molar-refractivity contribution in [3.05, 3.63) is 89.7 Å². The van der Waals surface area contributed by atoms with E-state index in [4.69, 9.17) is 0 Å². The maximum Gasteiger partial charge on any atom is 0.387 e. The number of benzene rings is 2. The summed E-state index contributed by atoms with van der Waals surface area (Å²) in [7, 11) is 0. The van der Waals surface area contributed by atoms with Crippen LogP contribution in [0.5, 0.6) is 5.75 Å². The zero-order valence-electron chi connectivity index (χ0n) is 15.2. The van der Waals surface area contributed by atoms with Crippen molar-refractivity contribution in [2.45, 2.75) is 19.6 Å². The number of aryl methyl sites for hydroxylation is 1. The SMILES string of the molecule is Cc1[nH]c2ccccc2c1[C@@H](Nc1ccccn1)c1ccc(OC(F)F)cc1. The lowest BCUT2D eigenvalue weighted by molar-refractivity contribution is -0.0498. The van der Waals surface area contributed by atoms with E-state index in [1.165, 1.54) is 0 Å². The third kappa shape index (κ3) is 3.67. The van der Waals surface area contributed by atoms with Gasteiger partial charge < -0.3 is 15.0 Å². The predicted molar refractivity (Wildman–Crippen MR) is 106 cm³/mol. The van der Waals surface area contributed by atoms with Crippen molar-refractivity contribution in [2.75, 3.05) is 5.32 Å². The second-order valence-electron chi connectivity index (χ2n) is 6.45. The van der Waals surface area contributed by atoms with E-state index < -0.39 is 6.61 Å². The van der Waals surface area contributed by atoms with Crippen LogP contribution in [0.25, 0.3) is 10.9 Å². The monoisotopic (exact) mass is 379 g/mol. The van der Waals surface area contributed by atoms with Gasteiger partial charge in [0.15, 0.2) is 0 Å². The molecule has 4 aromatic rings. The lowest BCUT2D eigenvalue weighted by Gasteiger charge is -2.21. The maximum atomic E-state index is 12.5. The molecule has 0 saturated carbocycles. The first kappa shape index (κ1) is 18.0. The molecule has 4 rings (SSSR count). The van der Waals surface area contributed by atoms with Crippen LogP contribution in [0.1, 0.15) is 22.9 Å². The molecular formula is C22H19F2N3O. The summed E-state index contributed by atoms with van der Waals surface area (Å²) in [5.74, 6) is 0.857. The molecule has 0 aliphatic carbocycles. The molecule has 4 nitrogen and oxygen atoms in total. The fraction of sp³-hybridized carbons (Fsp3) is 0.136. The Bertz CT molecular complexity index is 1060. The third-order valence-corrected chi connectivity index (χ3v) is 4.63. The van der Waals surface area contributed by atoms with Crippen LogP contribution in [0.3, 0.4) is 0 Å². The molecule has 28 heavy (non-hydrogen) atoms. The van der Waals surface area contributed by atoms with Crippen molar-refractivity contribution in [1.29, 1.82) is 0 Å². The molecule has 0 unspecified atom stereocenters. The Labute approximate surface area is 161 Å². The van der Waals surface area contributed by atoms with E-state index in [-0.39, 0.29) is 11.8 Å². The van der Waals surface area contributed by atoms with Crippen LogP contribution < -0.4 is 10.1 Å². The van der Waals surface area contributed by atoms with Gasteiger partial charge in [0.1, 0.15) is 11.6 Å². The second kappa shape index (κ2) is 7.68. The third-order valence-electron chi connectivity index (χ3n) is 4.63. The molecule has 2 aromatic carbocycles. The molecule has 0 amide bonds. The van der Waals surface area contributed by atoms with Gasteiger partial charge in [-0.05, 0) is 42.8 Å². The Balaban J connectivity index is 1.79. The van der Waals surface area contributed by atoms with Gasteiger partial charge in [-0.2, -0.15) is 8.78 Å². The largest absolute Gasteiger partial charge is 0.435 e. The minimum atomic E-state index is -2.84. The highest BCUT2D eigenvalue weighted by molar-refractivity contribution is 5.86. The normalized spacial score (nSPS) is 12.3. The van der Waals surface area contributed by atoms with E-state index in [1.807, 2.05) is 43.3 Å². The van der Waals surface area contributed by atoms with Crippen molar-refractivity contribution < 1.29 is 13.5 Å². The number of H-pyrrole nitrogens is 1. The first-order chi connectivity index (χ1) is 13.6. The fourth-order valence-electron chi connectivity index (χ4n) is 3.43. The number of nitrogens with one attached hydrogen (secondary N) is 2. The van der Waals surface area contributed by atoms with Crippen molar-refractivity contribution >= 4 is 16.7 Å². The molecule has 0 spiro atoms. The number of hydrogen-bond donors (Lipinski definition) is 2. The summed E-state index contributed by atoms with van der Waals surface area (Å²) in [5, 5.41) is 4.57. The van der Waals surface area contributed by atoms with E-state index in [0.717, 1.165) is 33.5 Å². The minimum Gasteiger partial charge on any atom is -0.435 e. The van der Waals surface area contributed by atoms with E-state index in [2.05, 4.69) is 26.1 Å². The van der Waals surface area contributed by atoms with Crippen molar-refractivity contribution in [1.82, 2.24) is 9.97 Å². The zero-order valence-corrected chi connectivity index (χ0v) is 15.2. The van der Waals surface area contributed by atoms with Gasteiger partial charge in [0.25, 0.3) is 0 Å². The second-order valence-corrected chi connectivity index (χ2v) is 6.45. The number of nitrogens with zero attached hydrogens (tertiary/aromatic N) is 1. The molecule has 0 aliphatic heterocycles. The summed E-state index contributed by atoms with van der Waals surface area (Å²) in [6.07, 6.45) is 1.72. The Morgan fingerprint density at radius 3 is 2.43 bits per heavy atom. The summed E-state index contributed by atoms with van der Waals surface area (Å²) < 4.78 is 29.4. The molecule has 0 bridgehead atoms. The smallest absolute Gasteiger partial charge is 0.387 e. The number of aromatic amines is 1. The fourth-order valence-corrected chi connectivity index (χ4v) is 3.43. The number of fused-ring (bicyclic) bond motifs is 1. The highest BCUT2D eigenvalue weighted by Crippen LogP contribution is 2.34. The van der Waals surface area contributed by atoms with Gasteiger partial charge in [-0.15, -0.1) is 0 Å². The topological polar surface area (TPSA) is 49.9 Å². The number of anilines is 1. The highest BCUT2D eigenvalue weighted by Gasteiger charge is 2.21. The number of ether oxygens (including phenoxy) is 1. The average Bonchev–Trinajstić information content (AvgIpc) is 3.03. The molecule has 2 N–H and O–H groups in total. The number of para-hydroxylation sites is 1. The van der Waals surface area contributed by atoms with Crippen LogP contribution in [-0.4, -0.2) is 16.6 Å². The van der Waals surface area contributed by atoms with Crippen LogP contribution in [-0.2, 0) is 0 Å². The number of hydrogen-bond acceptors (Lipinski definition) is 3. The van der Waals surface area contributed by atoms with E-state index >= 15 is 0 Å². The molecule has 0 fully saturated rings. The van der Waals surface area contributed by atoms with Gasteiger partial charge in [0, 0.05) is 28.4 Å². The Morgan fingerprint density at radius 2 is 1.71 bits per heavy atom. The standard InChI is InChI=1S/C22H19F2N3O/c1-14-20(17-6-2-3-7-18(17)26-14)21(27-19-8-4-5-13-25-19)15-9-11-16(12-10-15)28-22(23)24/h2-13,21-22,26H,1H3,(H,25,27)/t21-/m0/s1. The summed E-state index contributed by atoms with van der Waals surface area (Å²) >= 11 is 0. The number of alkyl halides is 2. The summed E-state index contributed by atoms with van der Waals surface area (Å²) in [4.78, 5) is 7.79. The van der Waals surface area contributed by atoms with Crippen molar-refractivity contribution in [2.24, 2.45) is 0 Å². The molecular weight excluding hydrogens is 360 g/mol. The highest BCUT2D eigenvalue weighted by atomic mass is 19.3.